The van der Waals surface area contributed by atoms with Crippen LogP contribution in [0.15, 0.2) is 54.6 Å². The molecule has 1 amide bonds. The number of carboxylic acids is 1. The average molecular weight is 369 g/mol. The highest BCUT2D eigenvalue weighted by Crippen LogP contribution is 2.37. The molecule has 1 saturated heterocycles. The van der Waals surface area contributed by atoms with Gasteiger partial charge in [-0.05, 0) is 50.6 Å². The van der Waals surface area contributed by atoms with Crippen LogP contribution in [0.25, 0.3) is 0 Å². The Hall–Kier alpha value is -3.02. The van der Waals surface area contributed by atoms with E-state index in [1.165, 1.54) is 12.1 Å². The van der Waals surface area contributed by atoms with E-state index in [4.69, 9.17) is 14.6 Å². The Morgan fingerprint density at radius 1 is 1.00 bits per heavy atom. The lowest BCUT2D eigenvalue weighted by Gasteiger charge is -2.49. The van der Waals surface area contributed by atoms with E-state index in [9.17, 15) is 9.59 Å². The van der Waals surface area contributed by atoms with Crippen molar-refractivity contribution in [3.63, 3.8) is 0 Å². The minimum Gasteiger partial charge on any atom is -0.479 e. The highest BCUT2D eigenvalue weighted by atomic mass is 16.6. The molecular weight excluding hydrogens is 346 g/mol. The third kappa shape index (κ3) is 4.22. The maximum absolute atomic E-state index is 12.3. The fraction of sp³-hybridized carbons (Fsp3) is 0.333. The van der Waals surface area contributed by atoms with Crippen molar-refractivity contribution in [2.75, 3.05) is 13.1 Å². The number of hydrogen-bond donors (Lipinski definition) is 1. The number of benzene rings is 2. The molecule has 6 nitrogen and oxygen atoms in total. The van der Waals surface area contributed by atoms with Crippen LogP contribution in [0.5, 0.6) is 5.75 Å². The molecule has 1 N–H and O–H groups in total. The highest BCUT2D eigenvalue weighted by molar-refractivity contribution is 5.87. The number of carboxylic acid groups (broad SMARTS) is 1. The van der Waals surface area contributed by atoms with Gasteiger partial charge in [0.2, 0.25) is 0 Å². The topological polar surface area (TPSA) is 76.1 Å². The molecule has 0 unspecified atom stereocenters. The van der Waals surface area contributed by atoms with Crippen molar-refractivity contribution in [1.82, 2.24) is 4.90 Å². The number of ether oxygens (including phenoxy) is 2. The zero-order valence-corrected chi connectivity index (χ0v) is 15.6. The van der Waals surface area contributed by atoms with Crippen LogP contribution < -0.4 is 4.74 Å². The normalized spacial score (nSPS) is 15.6. The van der Waals surface area contributed by atoms with E-state index in [1.54, 1.807) is 17.0 Å². The number of carbonyl (C=O) groups excluding carboxylic acids is 1. The van der Waals surface area contributed by atoms with Gasteiger partial charge in [0.1, 0.15) is 11.4 Å². The summed E-state index contributed by atoms with van der Waals surface area (Å²) in [6.07, 6.45) is -0.376. The Morgan fingerprint density at radius 3 is 2.11 bits per heavy atom. The zero-order chi connectivity index (χ0) is 19.7. The molecule has 1 aliphatic rings. The van der Waals surface area contributed by atoms with Gasteiger partial charge >= 0.3 is 12.1 Å². The van der Waals surface area contributed by atoms with Gasteiger partial charge in [-0.3, -0.25) is 4.90 Å². The first-order valence-corrected chi connectivity index (χ1v) is 8.74. The molecule has 3 rings (SSSR count). The molecule has 27 heavy (non-hydrogen) atoms. The lowest BCUT2D eigenvalue weighted by Crippen LogP contribution is -2.64. The second kappa shape index (κ2) is 6.95. The van der Waals surface area contributed by atoms with Crippen molar-refractivity contribution in [3.8, 4) is 5.75 Å². The third-order valence-electron chi connectivity index (χ3n) is 4.26. The van der Waals surface area contributed by atoms with E-state index in [0.29, 0.717) is 18.8 Å². The molecule has 0 bridgehead atoms. The summed E-state index contributed by atoms with van der Waals surface area (Å²) in [5.74, 6) is -0.438. The van der Waals surface area contributed by atoms with Crippen LogP contribution in [0.3, 0.4) is 0 Å². The van der Waals surface area contributed by atoms with Gasteiger partial charge in [-0.2, -0.15) is 0 Å². The molecule has 0 atom stereocenters. The van der Waals surface area contributed by atoms with Crippen LogP contribution in [0.4, 0.5) is 4.79 Å². The van der Waals surface area contributed by atoms with Gasteiger partial charge in [-0.1, -0.05) is 30.3 Å². The second-order valence-electron chi connectivity index (χ2n) is 7.63. The van der Waals surface area contributed by atoms with Crippen LogP contribution in [-0.4, -0.2) is 40.8 Å². The average Bonchev–Trinajstić information content (AvgIpc) is 2.57. The summed E-state index contributed by atoms with van der Waals surface area (Å²) in [6, 6.07) is 15.9. The van der Waals surface area contributed by atoms with Crippen molar-refractivity contribution in [2.45, 2.75) is 32.0 Å². The maximum atomic E-state index is 12.3. The first kappa shape index (κ1) is 18.8. The van der Waals surface area contributed by atoms with Crippen LogP contribution in [-0.2, 0) is 10.3 Å². The van der Waals surface area contributed by atoms with Gasteiger partial charge in [0, 0.05) is 0 Å². The standard InChI is InChI=1S/C21H23NO5/c1-20(2,3)27-19(25)22-13-21(14-22,16-7-5-4-6-8-16)26-17-11-9-15(10-12-17)18(23)24/h4-12H,13-14H2,1-3H3,(H,23,24). The van der Waals surface area contributed by atoms with Crippen molar-refractivity contribution in [1.29, 1.82) is 0 Å². The number of hydrogen-bond acceptors (Lipinski definition) is 4. The van der Waals surface area contributed by atoms with Crippen molar-refractivity contribution < 1.29 is 24.2 Å². The van der Waals surface area contributed by atoms with Gasteiger partial charge < -0.3 is 14.6 Å². The lowest BCUT2D eigenvalue weighted by molar-refractivity contribution is -0.0863. The minimum absolute atomic E-state index is 0.195. The van der Waals surface area contributed by atoms with E-state index in [0.717, 1.165) is 5.56 Å². The van der Waals surface area contributed by atoms with Crippen LogP contribution >= 0.6 is 0 Å². The Bertz CT molecular complexity index is 818. The molecular formula is C21H23NO5. The fourth-order valence-corrected chi connectivity index (χ4v) is 2.96. The quantitative estimate of drug-likeness (QED) is 0.884. The maximum Gasteiger partial charge on any atom is 0.410 e. The molecule has 1 heterocycles. The van der Waals surface area contributed by atoms with Crippen molar-refractivity contribution in [3.05, 3.63) is 65.7 Å². The zero-order valence-electron chi connectivity index (χ0n) is 15.6. The van der Waals surface area contributed by atoms with Gasteiger partial charge in [-0.15, -0.1) is 0 Å². The SMILES string of the molecule is CC(C)(C)OC(=O)N1CC(Oc2ccc(C(=O)O)cc2)(c2ccccc2)C1. The molecule has 1 aliphatic heterocycles. The lowest BCUT2D eigenvalue weighted by atomic mass is 9.86. The number of nitrogens with zero attached hydrogens (tertiary/aromatic N) is 1. The van der Waals surface area contributed by atoms with Crippen LogP contribution in [0, 0.1) is 0 Å². The fourth-order valence-electron chi connectivity index (χ4n) is 2.96. The van der Waals surface area contributed by atoms with Gasteiger partial charge in [0.15, 0.2) is 5.60 Å². The first-order chi connectivity index (χ1) is 12.7. The van der Waals surface area contributed by atoms with E-state index in [2.05, 4.69) is 0 Å². The van der Waals surface area contributed by atoms with Crippen LogP contribution in [0.2, 0.25) is 0 Å². The number of amides is 1. The monoisotopic (exact) mass is 369 g/mol. The Kier molecular flexibility index (Phi) is 4.83. The first-order valence-electron chi connectivity index (χ1n) is 8.74. The molecule has 0 aromatic heterocycles. The van der Waals surface area contributed by atoms with E-state index in [1.807, 2.05) is 51.1 Å². The number of aromatic carboxylic acids is 1. The van der Waals surface area contributed by atoms with Gasteiger partial charge in [0.05, 0.1) is 18.7 Å². The summed E-state index contributed by atoms with van der Waals surface area (Å²) in [5, 5.41) is 9.03. The van der Waals surface area contributed by atoms with E-state index < -0.39 is 17.2 Å². The second-order valence-corrected chi connectivity index (χ2v) is 7.63. The predicted molar refractivity (Wildman–Crippen MR) is 100.0 cm³/mol. The Balaban J connectivity index is 1.80. The number of likely N-dealkylation sites (tertiary alicyclic amines) is 1. The van der Waals surface area contributed by atoms with Crippen molar-refractivity contribution in [2.24, 2.45) is 0 Å². The van der Waals surface area contributed by atoms with Gasteiger partial charge in [-0.25, -0.2) is 9.59 Å². The van der Waals surface area contributed by atoms with Crippen molar-refractivity contribution >= 4 is 12.1 Å². The molecule has 0 saturated carbocycles. The largest absolute Gasteiger partial charge is 0.479 e. The molecule has 2 aromatic carbocycles. The van der Waals surface area contributed by atoms with E-state index >= 15 is 0 Å². The minimum atomic E-state index is -0.987. The predicted octanol–water partition coefficient (Wildman–Crippen LogP) is 3.91. The third-order valence-corrected chi connectivity index (χ3v) is 4.26. The Labute approximate surface area is 158 Å². The smallest absolute Gasteiger partial charge is 0.410 e. The highest BCUT2D eigenvalue weighted by Gasteiger charge is 2.50. The summed E-state index contributed by atoms with van der Waals surface area (Å²) in [5.41, 5.74) is -0.106. The molecule has 1 fully saturated rings. The van der Waals surface area contributed by atoms with Gasteiger partial charge in [0.25, 0.3) is 0 Å². The molecule has 0 radical (unpaired) electrons. The molecule has 6 heteroatoms. The number of rotatable bonds is 4. The van der Waals surface area contributed by atoms with Crippen LogP contribution in [0.1, 0.15) is 36.7 Å². The molecule has 0 spiro atoms. The summed E-state index contributed by atoms with van der Waals surface area (Å²) < 4.78 is 11.7. The summed E-state index contributed by atoms with van der Waals surface area (Å²) in [7, 11) is 0. The summed E-state index contributed by atoms with van der Waals surface area (Å²) >= 11 is 0. The summed E-state index contributed by atoms with van der Waals surface area (Å²) in [4.78, 5) is 24.9. The molecule has 0 aliphatic carbocycles. The molecule has 2 aromatic rings. The Morgan fingerprint density at radius 2 is 1.59 bits per heavy atom. The summed E-state index contributed by atoms with van der Waals surface area (Å²) in [6.45, 7) is 6.19. The number of carbonyl (C=O) groups is 2. The van der Waals surface area contributed by atoms with E-state index in [-0.39, 0.29) is 11.7 Å². The molecule has 142 valence electrons.